The van der Waals surface area contributed by atoms with E-state index in [-0.39, 0.29) is 29.8 Å². The zero-order valence-electron chi connectivity index (χ0n) is 14.8. The number of amides is 2. The minimum atomic E-state index is -0.243. The van der Waals surface area contributed by atoms with Crippen molar-refractivity contribution in [1.29, 1.82) is 0 Å². The van der Waals surface area contributed by atoms with Gasteiger partial charge in [0.05, 0.1) is 18.2 Å². The number of aromatic nitrogens is 3. The Morgan fingerprint density at radius 1 is 1.27 bits per heavy atom. The summed E-state index contributed by atoms with van der Waals surface area (Å²) in [6, 6.07) is 3.90. The maximum atomic E-state index is 13.0. The van der Waals surface area contributed by atoms with E-state index < -0.39 is 0 Å². The average Bonchev–Trinajstić information content (AvgIpc) is 3.41. The third kappa shape index (κ3) is 3.34. The van der Waals surface area contributed by atoms with Gasteiger partial charge in [0, 0.05) is 50.2 Å². The molecule has 7 nitrogen and oxygen atoms in total. The second-order valence-corrected chi connectivity index (χ2v) is 7.14. The molecule has 0 unspecified atom stereocenters. The van der Waals surface area contributed by atoms with Crippen LogP contribution >= 0.6 is 0 Å². The van der Waals surface area contributed by atoms with Crippen molar-refractivity contribution in [3.63, 3.8) is 0 Å². The third-order valence-electron chi connectivity index (χ3n) is 5.19. The topological polar surface area (TPSA) is 80.1 Å². The summed E-state index contributed by atoms with van der Waals surface area (Å²) in [6.07, 6.45) is 10.2. The van der Waals surface area contributed by atoms with Gasteiger partial charge in [-0.2, -0.15) is 5.10 Å². The molecule has 0 aromatic carbocycles. The summed E-state index contributed by atoms with van der Waals surface area (Å²) in [5, 5.41) is 7.16. The molecule has 4 rings (SSSR count). The third-order valence-corrected chi connectivity index (χ3v) is 5.19. The fraction of sp³-hybridized carbons (Fsp3) is 0.474. The lowest BCUT2D eigenvalue weighted by Gasteiger charge is -2.41. The Labute approximate surface area is 152 Å². The molecule has 1 saturated carbocycles. The number of carbonyl (C=O) groups is 2. The van der Waals surface area contributed by atoms with Gasteiger partial charge in [-0.25, -0.2) is 0 Å². The number of hydrogen-bond acceptors (Lipinski definition) is 4. The Bertz CT molecular complexity index is 799. The van der Waals surface area contributed by atoms with Gasteiger partial charge in [-0.15, -0.1) is 0 Å². The van der Waals surface area contributed by atoms with Crippen molar-refractivity contribution < 1.29 is 9.59 Å². The maximum absolute atomic E-state index is 13.0. The van der Waals surface area contributed by atoms with E-state index in [1.54, 1.807) is 23.3 Å². The molecule has 0 bridgehead atoms. The minimum Gasteiger partial charge on any atom is -0.352 e. The Kier molecular flexibility index (Phi) is 4.44. The summed E-state index contributed by atoms with van der Waals surface area (Å²) in [7, 11) is 1.85. The van der Waals surface area contributed by atoms with Gasteiger partial charge in [-0.05, 0) is 37.0 Å². The Morgan fingerprint density at radius 2 is 2.04 bits per heavy atom. The number of likely N-dealkylation sites (tertiary alicyclic amines) is 1. The summed E-state index contributed by atoms with van der Waals surface area (Å²) >= 11 is 0. The first-order valence-corrected chi connectivity index (χ1v) is 9.10. The molecule has 26 heavy (non-hydrogen) atoms. The van der Waals surface area contributed by atoms with Crippen molar-refractivity contribution in [3.05, 3.63) is 48.0 Å². The number of pyridine rings is 1. The van der Waals surface area contributed by atoms with Crippen LogP contribution in [0.25, 0.3) is 0 Å². The summed E-state index contributed by atoms with van der Waals surface area (Å²) in [5.74, 6) is -0.0909. The Hall–Kier alpha value is -2.70. The number of rotatable bonds is 5. The molecule has 2 aromatic heterocycles. The zero-order valence-corrected chi connectivity index (χ0v) is 14.8. The highest BCUT2D eigenvalue weighted by atomic mass is 16.2. The molecule has 1 aliphatic carbocycles. The van der Waals surface area contributed by atoms with Crippen molar-refractivity contribution in [1.82, 2.24) is 25.0 Å². The van der Waals surface area contributed by atoms with Crippen LogP contribution in [-0.2, 0) is 23.2 Å². The smallest absolute Gasteiger partial charge is 0.225 e. The number of aryl methyl sites for hydroxylation is 1. The first-order chi connectivity index (χ1) is 12.6. The number of carbonyl (C=O) groups excluding carboxylic acids is 2. The monoisotopic (exact) mass is 353 g/mol. The van der Waals surface area contributed by atoms with E-state index >= 15 is 0 Å². The molecular formula is C19H23N5O2. The van der Waals surface area contributed by atoms with Crippen LogP contribution in [0.3, 0.4) is 0 Å². The normalized spacial score (nSPS) is 23.1. The fourth-order valence-corrected chi connectivity index (χ4v) is 3.81. The highest BCUT2D eigenvalue weighted by Crippen LogP contribution is 2.43. The van der Waals surface area contributed by atoms with Gasteiger partial charge < -0.3 is 10.2 Å². The van der Waals surface area contributed by atoms with Gasteiger partial charge in [-0.3, -0.25) is 19.3 Å². The molecule has 7 heteroatoms. The van der Waals surface area contributed by atoms with Crippen LogP contribution in [0, 0.1) is 5.92 Å². The summed E-state index contributed by atoms with van der Waals surface area (Å²) < 4.78 is 1.72. The Balaban J connectivity index is 1.55. The van der Waals surface area contributed by atoms with Gasteiger partial charge in [0.15, 0.2) is 0 Å². The molecular weight excluding hydrogens is 330 g/mol. The largest absolute Gasteiger partial charge is 0.352 e. The summed E-state index contributed by atoms with van der Waals surface area (Å²) in [5.41, 5.74) is 1.95. The molecule has 2 fully saturated rings. The van der Waals surface area contributed by atoms with Crippen LogP contribution < -0.4 is 5.32 Å². The van der Waals surface area contributed by atoms with Crippen LogP contribution in [0.1, 0.15) is 42.9 Å². The lowest BCUT2D eigenvalue weighted by atomic mass is 9.83. The molecule has 1 saturated heterocycles. The molecule has 2 amide bonds. The van der Waals surface area contributed by atoms with Crippen molar-refractivity contribution in [3.8, 4) is 0 Å². The number of nitrogens with one attached hydrogen (secondary N) is 1. The van der Waals surface area contributed by atoms with Crippen LogP contribution in [0.4, 0.5) is 0 Å². The molecule has 136 valence electrons. The predicted molar refractivity (Wildman–Crippen MR) is 94.6 cm³/mol. The van der Waals surface area contributed by atoms with Gasteiger partial charge in [0.25, 0.3) is 0 Å². The van der Waals surface area contributed by atoms with E-state index in [2.05, 4.69) is 15.4 Å². The van der Waals surface area contributed by atoms with Gasteiger partial charge >= 0.3 is 0 Å². The predicted octanol–water partition coefficient (Wildman–Crippen LogP) is 1.57. The molecule has 2 aromatic rings. The number of piperidine rings is 1. The van der Waals surface area contributed by atoms with E-state index in [9.17, 15) is 9.59 Å². The second-order valence-electron chi connectivity index (χ2n) is 7.14. The van der Waals surface area contributed by atoms with E-state index in [0.29, 0.717) is 19.4 Å². The quantitative estimate of drug-likeness (QED) is 0.885. The molecule has 0 radical (unpaired) electrons. The van der Waals surface area contributed by atoms with Crippen LogP contribution in [0.5, 0.6) is 0 Å². The van der Waals surface area contributed by atoms with E-state index in [1.807, 2.05) is 30.3 Å². The molecule has 1 N–H and O–H groups in total. The molecule has 2 atom stereocenters. The zero-order chi connectivity index (χ0) is 18.1. The van der Waals surface area contributed by atoms with Crippen molar-refractivity contribution in [2.45, 2.75) is 44.3 Å². The SMILES string of the molecule is Cn1cc(CNC(=O)[C@H]2CCC(=O)N(C3CC3)[C@@H]2c2ccncc2)cn1. The fourth-order valence-electron chi connectivity index (χ4n) is 3.81. The van der Waals surface area contributed by atoms with Crippen molar-refractivity contribution in [2.75, 3.05) is 0 Å². The van der Waals surface area contributed by atoms with E-state index in [1.165, 1.54) is 0 Å². The second kappa shape index (κ2) is 6.90. The highest BCUT2D eigenvalue weighted by molar-refractivity contribution is 5.85. The molecule has 0 spiro atoms. The minimum absolute atomic E-state index is 0.00573. The van der Waals surface area contributed by atoms with Gasteiger partial charge in [0.1, 0.15) is 0 Å². The lowest BCUT2D eigenvalue weighted by Crippen LogP contribution is -2.48. The molecule has 2 aliphatic rings. The van der Waals surface area contributed by atoms with Crippen molar-refractivity contribution >= 4 is 11.8 Å². The maximum Gasteiger partial charge on any atom is 0.225 e. The average molecular weight is 353 g/mol. The molecule has 1 aliphatic heterocycles. The van der Waals surface area contributed by atoms with E-state index in [4.69, 9.17) is 0 Å². The summed E-state index contributed by atoms with van der Waals surface area (Å²) in [4.78, 5) is 31.6. The highest BCUT2D eigenvalue weighted by Gasteiger charge is 2.46. The first-order valence-electron chi connectivity index (χ1n) is 9.10. The van der Waals surface area contributed by atoms with E-state index in [0.717, 1.165) is 24.0 Å². The Morgan fingerprint density at radius 3 is 2.69 bits per heavy atom. The molecule has 3 heterocycles. The first kappa shape index (κ1) is 16.8. The number of hydrogen-bond donors (Lipinski definition) is 1. The van der Waals surface area contributed by atoms with Gasteiger partial charge in [-0.1, -0.05) is 0 Å². The van der Waals surface area contributed by atoms with Crippen LogP contribution in [-0.4, -0.2) is 37.5 Å². The van der Waals surface area contributed by atoms with Crippen molar-refractivity contribution in [2.24, 2.45) is 13.0 Å². The lowest BCUT2D eigenvalue weighted by molar-refractivity contribution is -0.144. The standard InChI is InChI=1S/C19H23N5O2/c1-23-12-13(11-22-23)10-21-19(26)16-4-5-17(25)24(15-2-3-15)18(16)14-6-8-20-9-7-14/h6-9,11-12,15-16,18H,2-5,10H2,1H3,(H,21,26)/t16-,18+/m0/s1. The van der Waals surface area contributed by atoms with Gasteiger partial charge in [0.2, 0.25) is 11.8 Å². The van der Waals surface area contributed by atoms with Crippen LogP contribution in [0.2, 0.25) is 0 Å². The summed E-state index contributed by atoms with van der Waals surface area (Å²) in [6.45, 7) is 0.448. The number of nitrogens with zero attached hydrogens (tertiary/aromatic N) is 4. The van der Waals surface area contributed by atoms with Crippen LogP contribution in [0.15, 0.2) is 36.9 Å².